The van der Waals surface area contributed by atoms with Crippen LogP contribution in [0.1, 0.15) is 20.8 Å². The number of amides is 1. The third kappa shape index (κ3) is 4.54. The molecule has 0 aliphatic carbocycles. The summed E-state index contributed by atoms with van der Waals surface area (Å²) in [6.45, 7) is -0.217. The van der Waals surface area contributed by atoms with Gasteiger partial charge in [-0.15, -0.1) is 0 Å². The Bertz CT molecular complexity index is 1380. The number of methoxy groups -OCH3 is 3. The van der Waals surface area contributed by atoms with E-state index in [1.807, 2.05) is 31.4 Å². The molecule has 0 fully saturated rings. The van der Waals surface area contributed by atoms with Crippen LogP contribution in [0.2, 0.25) is 0 Å². The van der Waals surface area contributed by atoms with Crippen molar-refractivity contribution in [2.24, 2.45) is 7.05 Å². The summed E-state index contributed by atoms with van der Waals surface area (Å²) in [5, 5.41) is 8.06. The fraction of sp³-hybridized carbons (Fsp3) is 0.200. The van der Waals surface area contributed by atoms with Crippen molar-refractivity contribution < 1.29 is 23.8 Å². The molecule has 0 spiro atoms. The van der Waals surface area contributed by atoms with Gasteiger partial charge in [0.25, 0.3) is 5.91 Å². The topological polar surface area (TPSA) is 105 Å². The predicted molar refractivity (Wildman–Crippen MR) is 127 cm³/mol. The fourth-order valence-electron chi connectivity index (χ4n) is 3.59. The standard InChI is InChI=1S/C25H24N4O5/c1-29-14-17-6-5-15(11-19(17)28-29)24-22(33-3)10-8-18(27-24)20(30)13-26-25(31)16-7-9-21(32-2)23(12-16)34-4/h5-12,14H,13H2,1-4H3,(H,26,31). The van der Waals surface area contributed by atoms with Crippen molar-refractivity contribution >= 4 is 22.6 Å². The number of fused-ring (bicyclic) bond motifs is 1. The minimum Gasteiger partial charge on any atom is -0.494 e. The highest BCUT2D eigenvalue weighted by Crippen LogP contribution is 2.30. The van der Waals surface area contributed by atoms with Crippen molar-refractivity contribution in [2.75, 3.05) is 27.9 Å². The summed E-state index contributed by atoms with van der Waals surface area (Å²) in [5.74, 6) is 0.711. The van der Waals surface area contributed by atoms with Gasteiger partial charge in [-0.3, -0.25) is 14.3 Å². The van der Waals surface area contributed by atoms with Crippen molar-refractivity contribution in [3.05, 3.63) is 66.0 Å². The fourth-order valence-corrected chi connectivity index (χ4v) is 3.59. The van der Waals surface area contributed by atoms with Crippen LogP contribution >= 0.6 is 0 Å². The van der Waals surface area contributed by atoms with Crippen molar-refractivity contribution in [3.63, 3.8) is 0 Å². The highest BCUT2D eigenvalue weighted by Gasteiger charge is 2.17. The maximum absolute atomic E-state index is 12.8. The van der Waals surface area contributed by atoms with E-state index in [-0.39, 0.29) is 18.0 Å². The Morgan fingerprint density at radius 2 is 1.65 bits per heavy atom. The molecule has 1 N–H and O–H groups in total. The number of hydrogen-bond donors (Lipinski definition) is 1. The summed E-state index contributed by atoms with van der Waals surface area (Å²) in [5.41, 5.74) is 2.66. The predicted octanol–water partition coefficient (Wildman–Crippen LogP) is 3.27. The Morgan fingerprint density at radius 1 is 0.912 bits per heavy atom. The number of hydrogen-bond acceptors (Lipinski definition) is 7. The summed E-state index contributed by atoms with van der Waals surface area (Å²) in [4.78, 5) is 29.9. The molecule has 2 heterocycles. The van der Waals surface area contributed by atoms with Gasteiger partial charge in [0.05, 0.1) is 33.4 Å². The molecule has 34 heavy (non-hydrogen) atoms. The molecular weight excluding hydrogens is 436 g/mol. The molecule has 2 aromatic carbocycles. The Hall–Kier alpha value is -4.40. The van der Waals surface area contributed by atoms with Crippen molar-refractivity contribution in [2.45, 2.75) is 0 Å². The van der Waals surface area contributed by atoms with Gasteiger partial charge in [0.2, 0.25) is 0 Å². The average molecular weight is 460 g/mol. The normalized spacial score (nSPS) is 10.7. The molecule has 0 atom stereocenters. The third-order valence-corrected chi connectivity index (χ3v) is 5.31. The van der Waals surface area contributed by atoms with Crippen molar-refractivity contribution in [3.8, 4) is 28.5 Å². The smallest absolute Gasteiger partial charge is 0.251 e. The molecule has 0 unspecified atom stereocenters. The van der Waals surface area contributed by atoms with E-state index in [0.29, 0.717) is 28.5 Å². The summed E-state index contributed by atoms with van der Waals surface area (Å²) in [6, 6.07) is 13.8. The first-order chi connectivity index (χ1) is 16.4. The molecule has 9 heteroatoms. The van der Waals surface area contributed by atoms with Crippen molar-refractivity contribution in [1.29, 1.82) is 0 Å². The van der Waals surface area contributed by atoms with E-state index in [1.165, 1.54) is 14.2 Å². The molecule has 2 aromatic heterocycles. The summed E-state index contributed by atoms with van der Waals surface area (Å²) >= 11 is 0. The molecular formula is C25H24N4O5. The van der Waals surface area contributed by atoms with Crippen LogP contribution in [0.5, 0.6) is 17.2 Å². The number of nitrogens with zero attached hydrogens (tertiary/aromatic N) is 3. The zero-order chi connectivity index (χ0) is 24.2. The number of rotatable bonds is 8. The van der Waals surface area contributed by atoms with Gasteiger partial charge in [0, 0.05) is 29.8 Å². The monoisotopic (exact) mass is 460 g/mol. The quantitative estimate of drug-likeness (QED) is 0.403. The first-order valence-electron chi connectivity index (χ1n) is 10.5. The number of carbonyl (C=O) groups excluding carboxylic acids is 2. The van der Waals surface area contributed by atoms with E-state index in [4.69, 9.17) is 14.2 Å². The van der Waals surface area contributed by atoms with Gasteiger partial charge < -0.3 is 19.5 Å². The molecule has 0 saturated heterocycles. The number of benzene rings is 2. The number of pyridine rings is 1. The second-order valence-corrected chi connectivity index (χ2v) is 7.50. The number of Topliss-reactive ketones (excluding diaryl/α,β-unsaturated/α-hetero) is 1. The molecule has 4 aromatic rings. The number of ether oxygens (including phenoxy) is 3. The second-order valence-electron chi connectivity index (χ2n) is 7.50. The van der Waals surface area contributed by atoms with Gasteiger partial charge in [0.1, 0.15) is 17.1 Å². The second kappa shape index (κ2) is 9.62. The van der Waals surface area contributed by atoms with E-state index in [1.54, 1.807) is 42.1 Å². The number of ketones is 1. The van der Waals surface area contributed by atoms with E-state index >= 15 is 0 Å². The largest absolute Gasteiger partial charge is 0.494 e. The lowest BCUT2D eigenvalue weighted by Gasteiger charge is -2.11. The SMILES string of the molecule is COc1ccc(C(=O)NCC(=O)c2ccc(OC)c(-c3ccc4cn(C)nc4c3)n2)cc1OC. The molecule has 0 aliphatic rings. The molecule has 0 saturated carbocycles. The lowest BCUT2D eigenvalue weighted by Crippen LogP contribution is -2.30. The molecule has 4 rings (SSSR count). The van der Waals surface area contributed by atoms with Gasteiger partial charge in [0.15, 0.2) is 17.3 Å². The summed E-state index contributed by atoms with van der Waals surface area (Å²) in [7, 11) is 6.40. The van der Waals surface area contributed by atoms with Crippen LogP contribution in [-0.2, 0) is 7.05 Å². The average Bonchev–Trinajstić information content (AvgIpc) is 3.25. The zero-order valence-electron chi connectivity index (χ0n) is 19.3. The third-order valence-electron chi connectivity index (χ3n) is 5.31. The molecule has 9 nitrogen and oxygen atoms in total. The van der Waals surface area contributed by atoms with Crippen molar-refractivity contribution in [1.82, 2.24) is 20.1 Å². The Balaban J connectivity index is 1.54. The Labute approximate surface area is 196 Å². The van der Waals surface area contributed by atoms with Gasteiger partial charge in [-0.05, 0) is 36.4 Å². The van der Waals surface area contributed by atoms with Crippen LogP contribution < -0.4 is 19.5 Å². The highest BCUT2D eigenvalue weighted by atomic mass is 16.5. The Morgan fingerprint density at radius 3 is 2.38 bits per heavy atom. The minimum absolute atomic E-state index is 0.213. The Kier molecular flexibility index (Phi) is 6.44. The lowest BCUT2D eigenvalue weighted by atomic mass is 10.1. The van der Waals surface area contributed by atoms with E-state index in [9.17, 15) is 9.59 Å². The van der Waals surface area contributed by atoms with Crippen LogP contribution in [-0.4, -0.2) is 54.3 Å². The van der Waals surface area contributed by atoms with Crippen LogP contribution in [0.4, 0.5) is 0 Å². The molecule has 1 amide bonds. The lowest BCUT2D eigenvalue weighted by molar-refractivity contribution is 0.0902. The molecule has 0 radical (unpaired) electrons. The van der Waals surface area contributed by atoms with Crippen LogP contribution in [0.25, 0.3) is 22.2 Å². The van der Waals surface area contributed by atoms with E-state index in [0.717, 1.165) is 16.5 Å². The number of nitrogens with one attached hydrogen (secondary N) is 1. The first-order valence-corrected chi connectivity index (χ1v) is 10.5. The van der Waals surface area contributed by atoms with Gasteiger partial charge in [-0.25, -0.2) is 4.98 Å². The first kappa shape index (κ1) is 22.8. The number of carbonyl (C=O) groups is 2. The maximum Gasteiger partial charge on any atom is 0.251 e. The highest BCUT2D eigenvalue weighted by molar-refractivity contribution is 6.02. The van der Waals surface area contributed by atoms with E-state index < -0.39 is 5.91 Å². The molecule has 174 valence electrons. The van der Waals surface area contributed by atoms with Crippen LogP contribution in [0.3, 0.4) is 0 Å². The van der Waals surface area contributed by atoms with Gasteiger partial charge in [-0.2, -0.15) is 5.10 Å². The number of aryl methyl sites for hydroxylation is 1. The summed E-state index contributed by atoms with van der Waals surface area (Å²) in [6.07, 6.45) is 1.92. The molecule has 0 aliphatic heterocycles. The molecule has 0 bridgehead atoms. The van der Waals surface area contributed by atoms with Gasteiger partial charge in [-0.1, -0.05) is 12.1 Å². The van der Waals surface area contributed by atoms with Gasteiger partial charge >= 0.3 is 0 Å². The number of aromatic nitrogens is 3. The van der Waals surface area contributed by atoms with E-state index in [2.05, 4.69) is 15.4 Å². The van der Waals surface area contributed by atoms with Crippen LogP contribution in [0.15, 0.2) is 54.7 Å². The maximum atomic E-state index is 12.8. The zero-order valence-corrected chi connectivity index (χ0v) is 19.3. The minimum atomic E-state index is -0.413. The summed E-state index contributed by atoms with van der Waals surface area (Å²) < 4.78 is 17.6. The van der Waals surface area contributed by atoms with Crippen LogP contribution in [0, 0.1) is 0 Å².